The molecule has 1 aromatic heterocycles. The fourth-order valence-corrected chi connectivity index (χ4v) is 3.00. The van der Waals surface area contributed by atoms with Gasteiger partial charge in [-0.2, -0.15) is 0 Å². The summed E-state index contributed by atoms with van der Waals surface area (Å²) >= 11 is 0. The first-order valence-electron chi connectivity index (χ1n) is 7.75. The van der Waals surface area contributed by atoms with Gasteiger partial charge in [-0.3, -0.25) is 4.99 Å². The van der Waals surface area contributed by atoms with Crippen molar-refractivity contribution in [1.82, 2.24) is 9.80 Å². The standard InChI is InChI=1S/C19H19N3O/c1-21(2)14-7-8-19-16(11-14)17-12-15(5-3-6-18(17)23-19)22-10-4-9-20-13-22/h3-10,12H,11,13H2,1-2H3. The zero-order valence-corrected chi connectivity index (χ0v) is 13.4. The Hall–Kier alpha value is -2.75. The molecule has 0 unspecified atom stereocenters. The van der Waals surface area contributed by atoms with Gasteiger partial charge in [-0.25, -0.2) is 0 Å². The van der Waals surface area contributed by atoms with Gasteiger partial charge in [-0.15, -0.1) is 0 Å². The highest BCUT2D eigenvalue weighted by atomic mass is 16.3. The third kappa shape index (κ3) is 2.46. The zero-order chi connectivity index (χ0) is 15.8. The number of hydrogen-bond donors (Lipinski definition) is 0. The average molecular weight is 305 g/mol. The van der Waals surface area contributed by atoms with Crippen LogP contribution in [0.1, 0.15) is 11.1 Å². The lowest BCUT2D eigenvalue weighted by Crippen LogP contribution is -2.20. The Labute approximate surface area is 135 Å². The second kappa shape index (κ2) is 5.47. The van der Waals surface area contributed by atoms with Crippen LogP contribution < -0.4 is 10.8 Å². The summed E-state index contributed by atoms with van der Waals surface area (Å²) in [5.74, 6) is 0. The fraction of sp³-hybridized carbons (Fsp3) is 0.211. The predicted molar refractivity (Wildman–Crippen MR) is 93.8 cm³/mol. The number of likely N-dealkylation sites (N-methyl/N-ethyl adjacent to an activating group) is 1. The van der Waals surface area contributed by atoms with Gasteiger partial charge in [0.15, 0.2) is 0 Å². The van der Waals surface area contributed by atoms with Gasteiger partial charge in [0.25, 0.3) is 0 Å². The Morgan fingerprint density at radius 1 is 1.13 bits per heavy atom. The first-order chi connectivity index (χ1) is 11.2. The first kappa shape index (κ1) is 13.9. The lowest BCUT2D eigenvalue weighted by atomic mass is 10.0. The van der Waals surface area contributed by atoms with Crippen molar-refractivity contribution in [3.63, 3.8) is 0 Å². The lowest BCUT2D eigenvalue weighted by molar-refractivity contribution is 0.480. The van der Waals surface area contributed by atoms with Crippen molar-refractivity contribution in [2.24, 2.45) is 4.99 Å². The van der Waals surface area contributed by atoms with Crippen LogP contribution in [-0.4, -0.2) is 36.8 Å². The molecule has 4 rings (SSSR count). The van der Waals surface area contributed by atoms with Crippen molar-refractivity contribution in [1.29, 1.82) is 0 Å². The van der Waals surface area contributed by atoms with Gasteiger partial charge in [-0.1, -0.05) is 6.08 Å². The summed E-state index contributed by atoms with van der Waals surface area (Å²) in [5, 5.41) is 0. The highest BCUT2D eigenvalue weighted by Crippen LogP contribution is 2.20. The van der Waals surface area contributed by atoms with Crippen LogP contribution in [0.25, 0.3) is 18.2 Å². The average Bonchev–Trinajstić information content (AvgIpc) is 2.77. The van der Waals surface area contributed by atoms with Gasteiger partial charge in [0.2, 0.25) is 0 Å². The Balaban J connectivity index is 1.79. The maximum atomic E-state index is 6.04. The summed E-state index contributed by atoms with van der Waals surface area (Å²) in [4.78, 5) is 8.60. The van der Waals surface area contributed by atoms with Crippen molar-refractivity contribution >= 4 is 24.4 Å². The summed E-state index contributed by atoms with van der Waals surface area (Å²) in [6.07, 6.45) is 19.3. The molecule has 1 aromatic rings. The van der Waals surface area contributed by atoms with Gasteiger partial charge >= 0.3 is 0 Å². The molecule has 2 aliphatic carbocycles. The number of aliphatic imine (C=N–C) groups is 1. The molecule has 4 nitrogen and oxygen atoms in total. The van der Waals surface area contributed by atoms with E-state index in [-0.39, 0.29) is 0 Å². The van der Waals surface area contributed by atoms with Crippen molar-refractivity contribution < 1.29 is 4.42 Å². The third-order valence-electron chi connectivity index (χ3n) is 4.30. The van der Waals surface area contributed by atoms with Gasteiger partial charge in [0.1, 0.15) is 17.5 Å². The van der Waals surface area contributed by atoms with Gasteiger partial charge in [0, 0.05) is 55.5 Å². The molecule has 1 aliphatic heterocycles. The molecule has 2 heterocycles. The van der Waals surface area contributed by atoms with E-state index in [0.29, 0.717) is 6.67 Å². The van der Waals surface area contributed by atoms with Crippen LogP contribution in [0, 0.1) is 0 Å². The Bertz CT molecular complexity index is 907. The van der Waals surface area contributed by atoms with E-state index in [1.54, 1.807) is 0 Å². The number of allylic oxidation sites excluding steroid dienone is 5. The van der Waals surface area contributed by atoms with E-state index in [0.717, 1.165) is 22.9 Å². The summed E-state index contributed by atoms with van der Waals surface area (Å²) in [7, 11) is 4.16. The van der Waals surface area contributed by atoms with E-state index < -0.39 is 0 Å². The van der Waals surface area contributed by atoms with E-state index in [2.05, 4.69) is 59.4 Å². The maximum absolute atomic E-state index is 6.04. The Kier molecular flexibility index (Phi) is 3.30. The molecule has 0 amide bonds. The first-order valence-corrected chi connectivity index (χ1v) is 7.75. The predicted octanol–water partition coefficient (Wildman–Crippen LogP) is 1.61. The van der Waals surface area contributed by atoms with Gasteiger partial charge in [-0.05, 0) is 36.5 Å². The molecular weight excluding hydrogens is 286 g/mol. The minimum Gasteiger partial charge on any atom is -0.456 e. The maximum Gasteiger partial charge on any atom is 0.135 e. The number of rotatable bonds is 2. The second-order valence-electron chi connectivity index (χ2n) is 6.00. The summed E-state index contributed by atoms with van der Waals surface area (Å²) < 4.78 is 6.04. The van der Waals surface area contributed by atoms with Crippen LogP contribution >= 0.6 is 0 Å². The summed E-state index contributed by atoms with van der Waals surface area (Å²) in [6, 6.07) is 0. The number of fused-ring (bicyclic) bond motifs is 3. The van der Waals surface area contributed by atoms with Crippen LogP contribution in [0.15, 0.2) is 51.3 Å². The summed E-state index contributed by atoms with van der Waals surface area (Å²) in [5.41, 5.74) is 6.73. The highest BCUT2D eigenvalue weighted by Gasteiger charge is 2.18. The molecule has 23 heavy (non-hydrogen) atoms. The quantitative estimate of drug-likeness (QED) is 0.832. The zero-order valence-electron chi connectivity index (χ0n) is 13.4. The molecule has 0 atom stereocenters. The number of furan rings is 1. The molecule has 3 aliphatic rings. The summed E-state index contributed by atoms with van der Waals surface area (Å²) in [6.45, 7) is 0.650. The fourth-order valence-electron chi connectivity index (χ4n) is 3.00. The van der Waals surface area contributed by atoms with Crippen LogP contribution in [0.2, 0.25) is 0 Å². The Morgan fingerprint density at radius 2 is 2.04 bits per heavy atom. The number of nitrogens with zero attached hydrogens (tertiary/aromatic N) is 3. The molecule has 0 saturated carbocycles. The lowest BCUT2D eigenvalue weighted by Gasteiger charge is -2.21. The molecule has 0 fully saturated rings. The van der Waals surface area contributed by atoms with E-state index in [1.807, 2.05) is 24.4 Å². The molecular formula is C19H19N3O. The van der Waals surface area contributed by atoms with Crippen LogP contribution in [0.5, 0.6) is 0 Å². The SMILES string of the molecule is CN(C)C1=CC=c2oc3c(c2C1)C=C(N1C=CC=NC1)C=CC=3. The van der Waals surface area contributed by atoms with Gasteiger partial charge < -0.3 is 14.2 Å². The van der Waals surface area contributed by atoms with Crippen LogP contribution in [0.3, 0.4) is 0 Å². The van der Waals surface area contributed by atoms with Crippen LogP contribution in [-0.2, 0) is 6.42 Å². The molecule has 0 spiro atoms. The largest absolute Gasteiger partial charge is 0.456 e. The third-order valence-corrected chi connectivity index (χ3v) is 4.30. The van der Waals surface area contributed by atoms with Crippen molar-refractivity contribution in [3.8, 4) is 0 Å². The number of hydrogen-bond acceptors (Lipinski definition) is 4. The molecule has 0 N–H and O–H groups in total. The Morgan fingerprint density at radius 3 is 2.83 bits per heavy atom. The molecule has 0 aromatic carbocycles. The van der Waals surface area contributed by atoms with Gasteiger partial charge in [0.05, 0.1) is 0 Å². The molecule has 4 heteroatoms. The van der Waals surface area contributed by atoms with E-state index in [9.17, 15) is 0 Å². The second-order valence-corrected chi connectivity index (χ2v) is 6.00. The van der Waals surface area contributed by atoms with Crippen LogP contribution in [0.4, 0.5) is 0 Å². The smallest absolute Gasteiger partial charge is 0.135 e. The molecule has 0 bridgehead atoms. The minimum absolute atomic E-state index is 0.650. The van der Waals surface area contributed by atoms with Crippen molar-refractivity contribution in [2.75, 3.05) is 20.8 Å². The molecule has 116 valence electrons. The normalized spacial score (nSPS) is 18.3. The van der Waals surface area contributed by atoms with Crippen molar-refractivity contribution in [2.45, 2.75) is 6.42 Å². The molecule has 0 radical (unpaired) electrons. The minimum atomic E-state index is 0.650. The van der Waals surface area contributed by atoms with E-state index in [4.69, 9.17) is 4.42 Å². The topological polar surface area (TPSA) is 32.0 Å². The van der Waals surface area contributed by atoms with E-state index in [1.165, 1.54) is 16.8 Å². The highest BCUT2D eigenvalue weighted by molar-refractivity contribution is 5.72. The monoisotopic (exact) mass is 305 g/mol. The molecule has 0 saturated heterocycles. The van der Waals surface area contributed by atoms with Crippen molar-refractivity contribution in [3.05, 3.63) is 63.9 Å². The van der Waals surface area contributed by atoms with E-state index >= 15 is 0 Å².